The van der Waals surface area contributed by atoms with Gasteiger partial charge in [0, 0.05) is 19.5 Å². The second-order valence-electron chi connectivity index (χ2n) is 4.98. The first-order valence-corrected chi connectivity index (χ1v) is 7.04. The first kappa shape index (κ1) is 13.8. The number of morpholine rings is 1. The maximum absolute atomic E-state index is 10.8. The van der Waals surface area contributed by atoms with Gasteiger partial charge in [0.1, 0.15) is 0 Å². The largest absolute Gasteiger partial charge is 0.481 e. The number of carbonyl (C=O) groups is 1. The average Bonchev–Trinajstić information content (AvgIpc) is 2.53. The van der Waals surface area contributed by atoms with Crippen LogP contribution in [0.25, 0.3) is 11.0 Å². The van der Waals surface area contributed by atoms with Gasteiger partial charge in [-0.2, -0.15) is 0 Å². The molecular formula is C15H17N3O3. The summed E-state index contributed by atoms with van der Waals surface area (Å²) in [6, 6.07) is 7.66. The van der Waals surface area contributed by atoms with Crippen LogP contribution < -0.4 is 4.90 Å². The number of carboxylic acid groups (broad SMARTS) is 1. The number of carboxylic acids is 1. The van der Waals surface area contributed by atoms with Crippen molar-refractivity contribution in [2.45, 2.75) is 12.8 Å². The normalized spacial score (nSPS) is 15.3. The van der Waals surface area contributed by atoms with E-state index in [-0.39, 0.29) is 6.42 Å². The molecule has 1 aromatic heterocycles. The smallest absolute Gasteiger partial charge is 0.303 e. The van der Waals surface area contributed by atoms with E-state index in [0.29, 0.717) is 19.6 Å². The lowest BCUT2D eigenvalue weighted by molar-refractivity contribution is -0.136. The molecule has 0 radical (unpaired) electrons. The van der Waals surface area contributed by atoms with E-state index >= 15 is 0 Å². The molecule has 1 fully saturated rings. The second-order valence-corrected chi connectivity index (χ2v) is 4.98. The fourth-order valence-electron chi connectivity index (χ4n) is 2.45. The number of ether oxygens (including phenoxy) is 1. The van der Waals surface area contributed by atoms with Gasteiger partial charge in [0.2, 0.25) is 0 Å². The number of hydrogen-bond acceptors (Lipinski definition) is 5. The Labute approximate surface area is 122 Å². The van der Waals surface area contributed by atoms with E-state index in [1.165, 1.54) is 0 Å². The highest BCUT2D eigenvalue weighted by molar-refractivity contribution is 5.77. The van der Waals surface area contributed by atoms with Gasteiger partial charge in [0.15, 0.2) is 5.82 Å². The van der Waals surface area contributed by atoms with E-state index in [1.54, 1.807) is 0 Å². The monoisotopic (exact) mass is 287 g/mol. The van der Waals surface area contributed by atoms with Gasteiger partial charge in [-0.1, -0.05) is 12.1 Å². The summed E-state index contributed by atoms with van der Waals surface area (Å²) < 4.78 is 5.36. The highest BCUT2D eigenvalue weighted by Crippen LogP contribution is 2.22. The highest BCUT2D eigenvalue weighted by atomic mass is 16.5. The molecule has 1 aliphatic rings. The van der Waals surface area contributed by atoms with Crippen molar-refractivity contribution in [3.8, 4) is 0 Å². The molecule has 1 aliphatic heterocycles. The number of aliphatic carboxylic acids is 1. The lowest BCUT2D eigenvalue weighted by Crippen LogP contribution is -2.37. The SMILES string of the molecule is O=C(O)CCc1nc2ccccc2nc1N1CCOCC1. The van der Waals surface area contributed by atoms with Crippen molar-refractivity contribution in [3.63, 3.8) is 0 Å². The molecule has 6 heteroatoms. The van der Waals surface area contributed by atoms with Gasteiger partial charge in [0.25, 0.3) is 0 Å². The topological polar surface area (TPSA) is 75.5 Å². The highest BCUT2D eigenvalue weighted by Gasteiger charge is 2.18. The van der Waals surface area contributed by atoms with Crippen LogP contribution >= 0.6 is 0 Å². The molecule has 1 N–H and O–H groups in total. The lowest BCUT2D eigenvalue weighted by Gasteiger charge is -2.29. The van der Waals surface area contributed by atoms with Crippen LogP contribution in [0.2, 0.25) is 0 Å². The van der Waals surface area contributed by atoms with Crippen LogP contribution in [0.3, 0.4) is 0 Å². The predicted octanol–water partition coefficient (Wildman–Crippen LogP) is 1.48. The average molecular weight is 287 g/mol. The van der Waals surface area contributed by atoms with E-state index in [9.17, 15) is 4.79 Å². The second kappa shape index (κ2) is 6.05. The quantitative estimate of drug-likeness (QED) is 0.918. The minimum Gasteiger partial charge on any atom is -0.481 e. The van der Waals surface area contributed by atoms with E-state index in [4.69, 9.17) is 14.8 Å². The summed E-state index contributed by atoms with van der Waals surface area (Å²) >= 11 is 0. The summed E-state index contributed by atoms with van der Waals surface area (Å²) in [5, 5.41) is 8.91. The molecule has 1 saturated heterocycles. The van der Waals surface area contributed by atoms with Crippen molar-refractivity contribution in [1.29, 1.82) is 0 Å². The number of nitrogens with zero attached hydrogens (tertiary/aromatic N) is 3. The number of benzene rings is 1. The van der Waals surface area contributed by atoms with Gasteiger partial charge in [0.05, 0.1) is 36.4 Å². The minimum absolute atomic E-state index is 0.0599. The van der Waals surface area contributed by atoms with Gasteiger partial charge >= 0.3 is 5.97 Å². The fraction of sp³-hybridized carbons (Fsp3) is 0.400. The first-order valence-electron chi connectivity index (χ1n) is 7.04. The van der Waals surface area contributed by atoms with Gasteiger partial charge in [-0.3, -0.25) is 4.79 Å². The summed E-state index contributed by atoms with van der Waals surface area (Å²) in [5.41, 5.74) is 2.38. The van der Waals surface area contributed by atoms with Gasteiger partial charge < -0.3 is 14.7 Å². The Kier molecular flexibility index (Phi) is 3.96. The van der Waals surface area contributed by atoms with Crippen molar-refractivity contribution >= 4 is 22.8 Å². The molecule has 0 atom stereocenters. The minimum atomic E-state index is -0.821. The van der Waals surface area contributed by atoms with E-state index < -0.39 is 5.97 Å². The van der Waals surface area contributed by atoms with Crippen molar-refractivity contribution in [1.82, 2.24) is 9.97 Å². The number of anilines is 1. The molecule has 0 bridgehead atoms. The molecule has 1 aromatic carbocycles. The third kappa shape index (κ3) is 3.11. The van der Waals surface area contributed by atoms with Crippen LogP contribution in [0.4, 0.5) is 5.82 Å². The number of hydrogen-bond donors (Lipinski definition) is 1. The van der Waals surface area contributed by atoms with Gasteiger partial charge in [-0.05, 0) is 12.1 Å². The zero-order valence-electron chi connectivity index (χ0n) is 11.7. The molecule has 0 spiro atoms. The summed E-state index contributed by atoms with van der Waals surface area (Å²) in [4.78, 5) is 22.3. The Morgan fingerprint density at radius 1 is 1.19 bits per heavy atom. The van der Waals surface area contributed by atoms with Crippen LogP contribution in [-0.4, -0.2) is 47.3 Å². The van der Waals surface area contributed by atoms with E-state index in [1.807, 2.05) is 24.3 Å². The molecule has 0 unspecified atom stereocenters. The third-order valence-corrected chi connectivity index (χ3v) is 3.51. The van der Waals surface area contributed by atoms with Crippen LogP contribution in [0, 0.1) is 0 Å². The Hall–Kier alpha value is -2.21. The molecule has 3 rings (SSSR count). The summed E-state index contributed by atoms with van der Waals surface area (Å²) in [7, 11) is 0. The number of fused-ring (bicyclic) bond motifs is 1. The standard InChI is InChI=1S/C15H17N3O3/c19-14(20)6-5-13-15(18-7-9-21-10-8-18)17-12-4-2-1-3-11(12)16-13/h1-4H,5-10H2,(H,19,20). The summed E-state index contributed by atoms with van der Waals surface area (Å²) in [6.07, 6.45) is 0.449. The number of rotatable bonds is 4. The number of aromatic nitrogens is 2. The van der Waals surface area contributed by atoms with E-state index in [2.05, 4.69) is 9.88 Å². The Balaban J connectivity index is 2.00. The van der Waals surface area contributed by atoms with Crippen molar-refractivity contribution < 1.29 is 14.6 Å². The molecule has 0 saturated carbocycles. The summed E-state index contributed by atoms with van der Waals surface area (Å²) in [5.74, 6) is -0.0314. The maximum atomic E-state index is 10.8. The lowest BCUT2D eigenvalue weighted by atomic mass is 10.2. The fourth-order valence-corrected chi connectivity index (χ4v) is 2.45. The van der Waals surface area contributed by atoms with Crippen LogP contribution in [-0.2, 0) is 16.0 Å². The Morgan fingerprint density at radius 3 is 2.52 bits per heavy atom. The summed E-state index contributed by atoms with van der Waals surface area (Å²) in [6.45, 7) is 2.83. The number of para-hydroxylation sites is 2. The van der Waals surface area contributed by atoms with Gasteiger partial charge in [-0.15, -0.1) is 0 Å². The number of aryl methyl sites for hydroxylation is 1. The van der Waals surface area contributed by atoms with Gasteiger partial charge in [-0.25, -0.2) is 9.97 Å². The molecule has 2 aromatic rings. The molecular weight excluding hydrogens is 270 g/mol. The zero-order valence-corrected chi connectivity index (χ0v) is 11.7. The zero-order chi connectivity index (χ0) is 14.7. The van der Waals surface area contributed by atoms with Crippen molar-refractivity contribution in [2.75, 3.05) is 31.2 Å². The van der Waals surface area contributed by atoms with Crippen molar-refractivity contribution in [2.24, 2.45) is 0 Å². The first-order chi connectivity index (χ1) is 10.2. The van der Waals surface area contributed by atoms with Crippen LogP contribution in [0.15, 0.2) is 24.3 Å². The third-order valence-electron chi connectivity index (χ3n) is 3.51. The molecule has 110 valence electrons. The molecule has 0 amide bonds. The molecule has 6 nitrogen and oxygen atoms in total. The Bertz CT molecular complexity index is 654. The Morgan fingerprint density at radius 2 is 1.86 bits per heavy atom. The van der Waals surface area contributed by atoms with Crippen LogP contribution in [0.5, 0.6) is 0 Å². The maximum Gasteiger partial charge on any atom is 0.303 e. The van der Waals surface area contributed by atoms with E-state index in [0.717, 1.165) is 35.6 Å². The van der Waals surface area contributed by atoms with Crippen LogP contribution in [0.1, 0.15) is 12.1 Å². The molecule has 2 heterocycles. The van der Waals surface area contributed by atoms with Crippen molar-refractivity contribution in [3.05, 3.63) is 30.0 Å². The molecule has 0 aliphatic carbocycles. The predicted molar refractivity (Wildman–Crippen MR) is 78.5 cm³/mol. The molecule has 21 heavy (non-hydrogen) atoms.